The van der Waals surface area contributed by atoms with Crippen molar-refractivity contribution in [1.82, 2.24) is 20.1 Å². The molecule has 1 aliphatic heterocycles. The molecular weight excluding hydrogens is 370 g/mol. The van der Waals surface area contributed by atoms with E-state index in [9.17, 15) is 4.79 Å². The molecular formula is C21H25N5OS. The first-order valence-corrected chi connectivity index (χ1v) is 11.0. The fraction of sp³-hybridized carbons (Fsp3) is 0.476. The van der Waals surface area contributed by atoms with E-state index in [1.54, 1.807) is 11.3 Å². The van der Waals surface area contributed by atoms with Gasteiger partial charge in [-0.25, -0.2) is 4.98 Å². The number of aromatic nitrogens is 3. The van der Waals surface area contributed by atoms with E-state index in [4.69, 9.17) is 4.98 Å². The standard InChI is InChI=1S/C21H25N5OS/c1-13-6-5-9-17-19(13)28-21(23-17)22-14-10-11-26(12-14)20(27)18-15-7-3-2-4-8-16(15)24-25-18/h5-6,9,14H,2-4,7-8,10-12H2,1H3,(H,22,23)(H,24,25)/t14-/m1/s1. The van der Waals surface area contributed by atoms with E-state index in [0.717, 1.165) is 48.4 Å². The fourth-order valence-corrected chi connectivity index (χ4v) is 5.38. The molecule has 1 amide bonds. The summed E-state index contributed by atoms with van der Waals surface area (Å²) in [5, 5.41) is 12.0. The highest BCUT2D eigenvalue weighted by Gasteiger charge is 2.31. The lowest BCUT2D eigenvalue weighted by Gasteiger charge is -2.16. The Labute approximate surface area is 168 Å². The molecule has 0 unspecified atom stereocenters. The Morgan fingerprint density at radius 2 is 2.18 bits per heavy atom. The van der Waals surface area contributed by atoms with Crippen LogP contribution in [0.3, 0.4) is 0 Å². The number of aromatic amines is 1. The van der Waals surface area contributed by atoms with Crippen molar-refractivity contribution in [1.29, 1.82) is 0 Å². The Balaban J connectivity index is 1.28. The second kappa shape index (κ2) is 7.20. The molecule has 1 atom stereocenters. The lowest BCUT2D eigenvalue weighted by Crippen LogP contribution is -2.32. The first-order valence-electron chi connectivity index (χ1n) is 10.2. The number of fused-ring (bicyclic) bond motifs is 2. The third-order valence-corrected chi connectivity index (χ3v) is 7.06. The fourth-order valence-electron chi connectivity index (χ4n) is 4.37. The number of nitrogens with zero attached hydrogens (tertiary/aromatic N) is 3. The molecule has 2 aliphatic rings. The van der Waals surface area contributed by atoms with Gasteiger partial charge in [-0.2, -0.15) is 5.10 Å². The Morgan fingerprint density at radius 1 is 1.29 bits per heavy atom. The van der Waals surface area contributed by atoms with Gasteiger partial charge in [-0.1, -0.05) is 29.9 Å². The highest BCUT2D eigenvalue weighted by Crippen LogP contribution is 2.30. The van der Waals surface area contributed by atoms with Crippen LogP contribution in [-0.4, -0.2) is 45.1 Å². The van der Waals surface area contributed by atoms with Crippen LogP contribution in [0.15, 0.2) is 18.2 Å². The summed E-state index contributed by atoms with van der Waals surface area (Å²) in [5.74, 6) is 0.0730. The quantitative estimate of drug-likeness (QED) is 0.659. The van der Waals surface area contributed by atoms with Crippen LogP contribution < -0.4 is 5.32 Å². The monoisotopic (exact) mass is 395 g/mol. The van der Waals surface area contributed by atoms with Gasteiger partial charge in [-0.3, -0.25) is 9.89 Å². The molecule has 0 bridgehead atoms. The van der Waals surface area contributed by atoms with Crippen molar-refractivity contribution in [3.05, 3.63) is 40.7 Å². The summed E-state index contributed by atoms with van der Waals surface area (Å²) < 4.78 is 1.23. The number of carbonyl (C=O) groups is 1. The van der Waals surface area contributed by atoms with Gasteiger partial charge in [-0.05, 0) is 50.7 Å². The Hall–Kier alpha value is -2.41. The maximum absolute atomic E-state index is 13.1. The zero-order chi connectivity index (χ0) is 19.1. The number of benzene rings is 1. The number of carbonyl (C=O) groups excluding carboxylic acids is 1. The summed E-state index contributed by atoms with van der Waals surface area (Å²) in [5.41, 5.74) is 5.26. The van der Waals surface area contributed by atoms with Crippen LogP contribution in [0.4, 0.5) is 5.13 Å². The average molecular weight is 396 g/mol. The number of hydrogen-bond donors (Lipinski definition) is 2. The number of rotatable bonds is 3. The molecule has 3 heterocycles. The molecule has 146 valence electrons. The van der Waals surface area contributed by atoms with Crippen molar-refractivity contribution < 1.29 is 4.79 Å². The minimum absolute atomic E-state index is 0.0730. The number of amides is 1. The molecule has 5 rings (SSSR count). The van der Waals surface area contributed by atoms with Crippen LogP contribution >= 0.6 is 11.3 Å². The van der Waals surface area contributed by atoms with Crippen molar-refractivity contribution in [3.8, 4) is 0 Å². The largest absolute Gasteiger partial charge is 0.357 e. The molecule has 3 aromatic rings. The van der Waals surface area contributed by atoms with Gasteiger partial charge in [-0.15, -0.1) is 0 Å². The number of anilines is 1. The number of H-pyrrole nitrogens is 1. The summed E-state index contributed by atoms with van der Waals surface area (Å²) in [6, 6.07) is 6.46. The molecule has 28 heavy (non-hydrogen) atoms. The van der Waals surface area contributed by atoms with Crippen LogP contribution in [0.2, 0.25) is 0 Å². The molecule has 0 saturated carbocycles. The third-order valence-electron chi connectivity index (χ3n) is 5.92. The maximum Gasteiger partial charge on any atom is 0.274 e. The zero-order valence-electron chi connectivity index (χ0n) is 16.1. The summed E-state index contributed by atoms with van der Waals surface area (Å²) in [6.45, 7) is 3.59. The Kier molecular flexibility index (Phi) is 4.55. The molecule has 1 aliphatic carbocycles. The number of hydrogen-bond acceptors (Lipinski definition) is 5. The van der Waals surface area contributed by atoms with E-state index < -0.39 is 0 Å². The van der Waals surface area contributed by atoms with Gasteiger partial charge in [0.25, 0.3) is 5.91 Å². The molecule has 6 nitrogen and oxygen atoms in total. The normalized spacial score (nSPS) is 19.6. The summed E-state index contributed by atoms with van der Waals surface area (Å²) in [4.78, 5) is 19.7. The molecule has 7 heteroatoms. The topological polar surface area (TPSA) is 73.9 Å². The van der Waals surface area contributed by atoms with Crippen LogP contribution in [0, 0.1) is 6.92 Å². The van der Waals surface area contributed by atoms with Gasteiger partial charge < -0.3 is 10.2 Å². The van der Waals surface area contributed by atoms with Gasteiger partial charge in [0.05, 0.1) is 10.2 Å². The number of aryl methyl sites for hydroxylation is 2. The first-order chi connectivity index (χ1) is 13.7. The molecule has 1 saturated heterocycles. The lowest BCUT2D eigenvalue weighted by molar-refractivity contribution is 0.0784. The molecule has 2 N–H and O–H groups in total. The van der Waals surface area contributed by atoms with Gasteiger partial charge in [0.2, 0.25) is 0 Å². The Morgan fingerprint density at radius 3 is 3.07 bits per heavy atom. The lowest BCUT2D eigenvalue weighted by atomic mass is 10.1. The molecule has 0 radical (unpaired) electrons. The van der Waals surface area contributed by atoms with Crippen molar-refractivity contribution >= 4 is 32.6 Å². The van der Waals surface area contributed by atoms with Crippen LogP contribution in [0.1, 0.15) is 53.0 Å². The summed E-state index contributed by atoms with van der Waals surface area (Å²) in [7, 11) is 0. The highest BCUT2D eigenvalue weighted by molar-refractivity contribution is 7.22. The molecule has 1 fully saturated rings. The minimum atomic E-state index is 0.0730. The second-order valence-corrected chi connectivity index (χ2v) is 8.91. The number of nitrogens with one attached hydrogen (secondary N) is 2. The second-order valence-electron chi connectivity index (χ2n) is 7.91. The summed E-state index contributed by atoms with van der Waals surface area (Å²) >= 11 is 1.70. The van der Waals surface area contributed by atoms with E-state index in [1.807, 2.05) is 11.0 Å². The van der Waals surface area contributed by atoms with Gasteiger partial charge >= 0.3 is 0 Å². The van der Waals surface area contributed by atoms with Crippen LogP contribution in [0.25, 0.3) is 10.2 Å². The van der Waals surface area contributed by atoms with Crippen molar-refractivity contribution in [2.24, 2.45) is 0 Å². The molecule has 0 spiro atoms. The molecule has 1 aromatic carbocycles. The summed E-state index contributed by atoms with van der Waals surface area (Å²) in [6.07, 6.45) is 6.47. The SMILES string of the molecule is Cc1cccc2nc(N[C@@H]3CCN(C(=O)c4n[nH]c5c4CCCCC5)C3)sc12. The van der Waals surface area contributed by atoms with Crippen LogP contribution in [-0.2, 0) is 12.8 Å². The predicted molar refractivity (Wildman–Crippen MR) is 112 cm³/mol. The number of likely N-dealkylation sites (tertiary alicyclic amines) is 1. The predicted octanol–water partition coefficient (Wildman–Crippen LogP) is 3.92. The molecule has 2 aromatic heterocycles. The Bertz CT molecular complexity index is 1020. The van der Waals surface area contributed by atoms with E-state index >= 15 is 0 Å². The van der Waals surface area contributed by atoms with Crippen LogP contribution in [0.5, 0.6) is 0 Å². The van der Waals surface area contributed by atoms with E-state index in [1.165, 1.54) is 28.8 Å². The smallest absolute Gasteiger partial charge is 0.274 e. The van der Waals surface area contributed by atoms with Gasteiger partial charge in [0.15, 0.2) is 10.8 Å². The van der Waals surface area contributed by atoms with Gasteiger partial charge in [0.1, 0.15) is 0 Å². The third kappa shape index (κ3) is 3.17. The zero-order valence-corrected chi connectivity index (χ0v) is 16.9. The van der Waals surface area contributed by atoms with Crippen molar-refractivity contribution in [3.63, 3.8) is 0 Å². The van der Waals surface area contributed by atoms with Gasteiger partial charge in [0, 0.05) is 30.4 Å². The van der Waals surface area contributed by atoms with E-state index in [0.29, 0.717) is 12.2 Å². The minimum Gasteiger partial charge on any atom is -0.357 e. The van der Waals surface area contributed by atoms with Crippen molar-refractivity contribution in [2.75, 3.05) is 18.4 Å². The van der Waals surface area contributed by atoms with Crippen molar-refractivity contribution in [2.45, 2.75) is 51.5 Å². The average Bonchev–Trinajstić information content (AvgIpc) is 3.38. The maximum atomic E-state index is 13.1. The number of thiazole rings is 1. The van der Waals surface area contributed by atoms with E-state index in [-0.39, 0.29) is 11.9 Å². The first kappa shape index (κ1) is 17.7. The van der Waals surface area contributed by atoms with E-state index in [2.05, 4.69) is 34.6 Å². The highest BCUT2D eigenvalue weighted by atomic mass is 32.1.